The van der Waals surface area contributed by atoms with Crippen molar-refractivity contribution < 1.29 is 0 Å². The molecule has 1 aliphatic rings. The first kappa shape index (κ1) is 14.4. The van der Waals surface area contributed by atoms with Gasteiger partial charge >= 0.3 is 0 Å². The molecule has 0 spiro atoms. The second kappa shape index (κ2) is 6.06. The fraction of sp³-hybridized carbons (Fsp3) is 0.357. The molecule has 1 fully saturated rings. The van der Waals surface area contributed by atoms with Crippen molar-refractivity contribution in [1.82, 2.24) is 14.9 Å². The first-order valence-electron chi connectivity index (χ1n) is 6.55. The molecule has 1 aromatic carbocycles. The van der Waals surface area contributed by atoms with E-state index in [1.165, 1.54) is 18.5 Å². The van der Waals surface area contributed by atoms with Gasteiger partial charge in [0.2, 0.25) is 0 Å². The fourth-order valence-corrected chi connectivity index (χ4v) is 3.47. The third-order valence-corrected chi connectivity index (χ3v) is 5.42. The zero-order chi connectivity index (χ0) is 14.1. The predicted molar refractivity (Wildman–Crippen MR) is 86.1 cm³/mol. The Morgan fingerprint density at radius 3 is 2.90 bits per heavy atom. The van der Waals surface area contributed by atoms with Crippen molar-refractivity contribution in [3.63, 3.8) is 0 Å². The topological polar surface area (TPSA) is 29.9 Å². The number of nitrogens with zero attached hydrogens (tertiary/aromatic N) is 2. The zero-order valence-corrected chi connectivity index (χ0v) is 13.8. The van der Waals surface area contributed by atoms with Gasteiger partial charge in [-0.2, -0.15) is 0 Å². The zero-order valence-electron chi connectivity index (χ0n) is 10.7. The highest BCUT2D eigenvalue weighted by molar-refractivity contribution is 9.10. The van der Waals surface area contributed by atoms with Crippen LogP contribution in [0.15, 0.2) is 29.1 Å². The second-order valence-electron chi connectivity index (χ2n) is 4.93. The molecule has 1 aromatic heterocycles. The molecule has 2 aromatic rings. The number of nitrogens with one attached hydrogen (secondary N) is 1. The van der Waals surface area contributed by atoms with Crippen LogP contribution in [0.5, 0.6) is 0 Å². The van der Waals surface area contributed by atoms with E-state index in [0.717, 1.165) is 23.2 Å². The van der Waals surface area contributed by atoms with Crippen LogP contribution in [0.4, 0.5) is 0 Å². The van der Waals surface area contributed by atoms with Gasteiger partial charge in [-0.1, -0.05) is 23.2 Å². The number of benzene rings is 1. The third kappa shape index (κ3) is 2.62. The SMILES string of the molecule is Clc1c(Br)ccc(-n2cncc2C2CCCNC2)c1Cl. The van der Waals surface area contributed by atoms with E-state index < -0.39 is 0 Å². The van der Waals surface area contributed by atoms with Crippen molar-refractivity contribution in [3.8, 4) is 5.69 Å². The minimum Gasteiger partial charge on any atom is -0.316 e. The summed E-state index contributed by atoms with van der Waals surface area (Å²) in [5.74, 6) is 0.463. The van der Waals surface area contributed by atoms with Gasteiger partial charge in [-0.15, -0.1) is 0 Å². The molecule has 3 rings (SSSR count). The molecule has 6 heteroatoms. The molecule has 106 valence electrons. The Balaban J connectivity index is 2.03. The maximum atomic E-state index is 6.37. The minimum absolute atomic E-state index is 0.463. The number of hydrogen-bond acceptors (Lipinski definition) is 2. The molecule has 1 saturated heterocycles. The van der Waals surface area contributed by atoms with Gasteiger partial charge in [0, 0.05) is 28.8 Å². The summed E-state index contributed by atoms with van der Waals surface area (Å²) in [5.41, 5.74) is 2.05. The van der Waals surface area contributed by atoms with Crippen LogP contribution in [-0.4, -0.2) is 22.6 Å². The van der Waals surface area contributed by atoms with Crippen molar-refractivity contribution in [2.75, 3.05) is 13.1 Å². The summed E-state index contributed by atoms with van der Waals surface area (Å²) in [4.78, 5) is 4.29. The summed E-state index contributed by atoms with van der Waals surface area (Å²) in [5, 5.41) is 4.51. The quantitative estimate of drug-likeness (QED) is 0.789. The van der Waals surface area contributed by atoms with Crippen LogP contribution >= 0.6 is 39.1 Å². The highest BCUT2D eigenvalue weighted by Crippen LogP contribution is 2.36. The fourth-order valence-electron chi connectivity index (χ4n) is 2.61. The summed E-state index contributed by atoms with van der Waals surface area (Å²) in [7, 11) is 0. The number of piperidine rings is 1. The maximum absolute atomic E-state index is 6.37. The summed E-state index contributed by atoms with van der Waals surface area (Å²) in [6, 6.07) is 3.87. The van der Waals surface area contributed by atoms with Gasteiger partial charge in [0.15, 0.2) is 0 Å². The van der Waals surface area contributed by atoms with E-state index in [1.54, 1.807) is 6.33 Å². The maximum Gasteiger partial charge on any atom is 0.0994 e. The molecule has 0 radical (unpaired) electrons. The molecule has 3 nitrogen and oxygen atoms in total. The van der Waals surface area contributed by atoms with E-state index in [4.69, 9.17) is 23.2 Å². The molecule has 0 saturated carbocycles. The Morgan fingerprint density at radius 2 is 2.15 bits per heavy atom. The van der Waals surface area contributed by atoms with Crippen LogP contribution in [0, 0.1) is 0 Å². The summed E-state index contributed by atoms with van der Waals surface area (Å²) >= 11 is 16.0. The summed E-state index contributed by atoms with van der Waals surface area (Å²) in [6.07, 6.45) is 6.07. The van der Waals surface area contributed by atoms with Gasteiger partial charge < -0.3 is 9.88 Å². The largest absolute Gasteiger partial charge is 0.316 e. The molecule has 0 aliphatic carbocycles. The van der Waals surface area contributed by atoms with Crippen LogP contribution in [0.25, 0.3) is 5.69 Å². The van der Waals surface area contributed by atoms with Crippen LogP contribution in [-0.2, 0) is 0 Å². The Kier molecular flexibility index (Phi) is 4.36. The molecule has 1 aliphatic heterocycles. The van der Waals surface area contributed by atoms with Crippen LogP contribution in [0.2, 0.25) is 10.0 Å². The van der Waals surface area contributed by atoms with E-state index in [9.17, 15) is 0 Å². The lowest BCUT2D eigenvalue weighted by Gasteiger charge is -2.24. The molecule has 2 heterocycles. The van der Waals surface area contributed by atoms with E-state index in [-0.39, 0.29) is 0 Å². The first-order chi connectivity index (χ1) is 9.68. The highest BCUT2D eigenvalue weighted by atomic mass is 79.9. The molecule has 0 amide bonds. The normalized spacial score (nSPS) is 19.2. The number of aromatic nitrogens is 2. The number of rotatable bonds is 2. The molecule has 20 heavy (non-hydrogen) atoms. The van der Waals surface area contributed by atoms with Crippen LogP contribution in [0.1, 0.15) is 24.5 Å². The van der Waals surface area contributed by atoms with Gasteiger partial charge in [0.05, 0.1) is 22.1 Å². The monoisotopic (exact) mass is 373 g/mol. The van der Waals surface area contributed by atoms with Gasteiger partial charge in [-0.05, 0) is 47.4 Å². The lowest BCUT2D eigenvalue weighted by Crippen LogP contribution is -2.29. The lowest BCUT2D eigenvalue weighted by molar-refractivity contribution is 0.451. The average molecular weight is 375 g/mol. The average Bonchev–Trinajstić information content (AvgIpc) is 2.95. The van der Waals surface area contributed by atoms with E-state index >= 15 is 0 Å². The van der Waals surface area contributed by atoms with Crippen molar-refractivity contribution in [2.45, 2.75) is 18.8 Å². The Bertz CT molecular complexity index is 621. The lowest BCUT2D eigenvalue weighted by atomic mass is 9.96. The Hall–Kier alpha value is -0.550. The van der Waals surface area contributed by atoms with E-state index in [0.29, 0.717) is 16.0 Å². The van der Waals surface area contributed by atoms with Crippen molar-refractivity contribution >= 4 is 39.1 Å². The highest BCUT2D eigenvalue weighted by Gasteiger charge is 2.21. The molecule has 1 atom stereocenters. The predicted octanol–water partition coefficient (Wildman–Crippen LogP) is 4.41. The van der Waals surface area contributed by atoms with Crippen molar-refractivity contribution in [2.24, 2.45) is 0 Å². The van der Waals surface area contributed by atoms with E-state index in [2.05, 4.69) is 26.2 Å². The van der Waals surface area contributed by atoms with Crippen molar-refractivity contribution in [1.29, 1.82) is 0 Å². The van der Waals surface area contributed by atoms with Gasteiger partial charge in [0.1, 0.15) is 0 Å². The number of halogens is 3. The van der Waals surface area contributed by atoms with Crippen LogP contribution < -0.4 is 5.32 Å². The molecular weight excluding hydrogens is 361 g/mol. The van der Waals surface area contributed by atoms with Gasteiger partial charge in [-0.3, -0.25) is 0 Å². The van der Waals surface area contributed by atoms with Gasteiger partial charge in [0.25, 0.3) is 0 Å². The Labute approximate surface area is 136 Å². The molecule has 1 unspecified atom stereocenters. The summed E-state index contributed by atoms with van der Waals surface area (Å²) in [6.45, 7) is 2.07. The smallest absolute Gasteiger partial charge is 0.0994 e. The molecular formula is C14H14BrCl2N3. The number of hydrogen-bond donors (Lipinski definition) is 1. The third-order valence-electron chi connectivity index (χ3n) is 3.66. The molecule has 1 N–H and O–H groups in total. The first-order valence-corrected chi connectivity index (χ1v) is 8.10. The second-order valence-corrected chi connectivity index (χ2v) is 6.54. The number of imidazole rings is 1. The van der Waals surface area contributed by atoms with Gasteiger partial charge in [-0.25, -0.2) is 4.98 Å². The standard InChI is InChI=1S/C14H14BrCl2N3/c15-10-3-4-11(14(17)13(10)16)20-8-19-7-12(20)9-2-1-5-18-6-9/h3-4,7-9,18H,1-2,5-6H2. The summed E-state index contributed by atoms with van der Waals surface area (Å²) < 4.78 is 2.84. The minimum atomic E-state index is 0.463. The Morgan fingerprint density at radius 1 is 1.30 bits per heavy atom. The van der Waals surface area contributed by atoms with E-state index in [1.807, 2.05) is 22.9 Å². The molecule has 0 bridgehead atoms. The van der Waals surface area contributed by atoms with Crippen LogP contribution in [0.3, 0.4) is 0 Å². The van der Waals surface area contributed by atoms with Crippen molar-refractivity contribution in [3.05, 3.63) is 44.9 Å².